The summed E-state index contributed by atoms with van der Waals surface area (Å²) in [6.07, 6.45) is 3.22. The Hall–Kier alpha value is -2.79. The Kier molecular flexibility index (Phi) is 4.53. The first-order valence-electron chi connectivity index (χ1n) is 10.1. The highest BCUT2D eigenvalue weighted by Crippen LogP contribution is 2.33. The van der Waals surface area contributed by atoms with E-state index in [1.165, 1.54) is 29.4 Å². The molecule has 144 valence electrons. The molecule has 0 radical (unpaired) electrons. The highest BCUT2D eigenvalue weighted by Gasteiger charge is 2.36. The summed E-state index contributed by atoms with van der Waals surface area (Å²) in [6.45, 7) is 2.42. The number of para-hydroxylation sites is 2. The van der Waals surface area contributed by atoms with Gasteiger partial charge in [-0.05, 0) is 49.0 Å². The van der Waals surface area contributed by atoms with E-state index in [2.05, 4.69) is 40.2 Å². The van der Waals surface area contributed by atoms with E-state index in [1.807, 2.05) is 30.3 Å². The number of nitrogens with zero attached hydrogens (tertiary/aromatic N) is 2. The van der Waals surface area contributed by atoms with Crippen LogP contribution in [0.4, 0.5) is 10.5 Å². The lowest BCUT2D eigenvalue weighted by atomic mass is 9.98. The molecule has 5 nitrogen and oxygen atoms in total. The monoisotopic (exact) mass is 375 g/mol. The van der Waals surface area contributed by atoms with E-state index in [-0.39, 0.29) is 12.2 Å². The van der Waals surface area contributed by atoms with Crippen LogP contribution in [0.25, 0.3) is 10.9 Å². The van der Waals surface area contributed by atoms with Gasteiger partial charge in [0.25, 0.3) is 0 Å². The number of aromatic nitrogens is 1. The summed E-state index contributed by atoms with van der Waals surface area (Å²) in [5, 5.41) is 1.26. The number of benzene rings is 2. The number of likely N-dealkylation sites (tertiary alicyclic amines) is 1. The van der Waals surface area contributed by atoms with E-state index in [0.29, 0.717) is 12.6 Å². The second kappa shape index (κ2) is 7.32. The van der Waals surface area contributed by atoms with E-state index in [0.717, 1.165) is 25.2 Å². The van der Waals surface area contributed by atoms with E-state index in [4.69, 9.17) is 4.74 Å². The third-order valence-electron chi connectivity index (χ3n) is 5.90. The average molecular weight is 375 g/mol. The Balaban J connectivity index is 1.32. The number of H-pyrrole nitrogens is 1. The maximum absolute atomic E-state index is 12.4. The molecule has 28 heavy (non-hydrogen) atoms. The molecular weight excluding hydrogens is 350 g/mol. The first kappa shape index (κ1) is 17.3. The van der Waals surface area contributed by atoms with Crippen LogP contribution in [0.3, 0.4) is 0 Å². The van der Waals surface area contributed by atoms with Gasteiger partial charge in [0, 0.05) is 29.5 Å². The molecular formula is C23H25N3O2. The summed E-state index contributed by atoms with van der Waals surface area (Å²) in [5.74, 6) is 0. The number of aromatic amines is 1. The summed E-state index contributed by atoms with van der Waals surface area (Å²) < 4.78 is 5.71. The first-order chi connectivity index (χ1) is 13.8. The van der Waals surface area contributed by atoms with Gasteiger partial charge in [-0.15, -0.1) is 0 Å². The van der Waals surface area contributed by atoms with Crippen LogP contribution in [-0.2, 0) is 4.74 Å². The third kappa shape index (κ3) is 3.27. The van der Waals surface area contributed by atoms with Crippen LogP contribution >= 0.6 is 0 Å². The number of cyclic esters (lactones) is 1. The summed E-state index contributed by atoms with van der Waals surface area (Å²) in [7, 11) is 0. The highest BCUT2D eigenvalue weighted by molar-refractivity contribution is 5.89. The number of rotatable bonds is 4. The number of carbonyl (C=O) groups is 1. The molecule has 0 unspecified atom stereocenters. The summed E-state index contributed by atoms with van der Waals surface area (Å²) >= 11 is 0. The molecule has 3 heterocycles. The van der Waals surface area contributed by atoms with Crippen LogP contribution in [0.5, 0.6) is 0 Å². The van der Waals surface area contributed by atoms with Crippen LogP contribution in [0.1, 0.15) is 31.0 Å². The number of nitrogens with one attached hydrogen (secondary N) is 1. The minimum atomic E-state index is -0.240. The largest absolute Gasteiger partial charge is 0.443 e. The van der Waals surface area contributed by atoms with E-state index in [1.54, 1.807) is 4.90 Å². The first-order valence-corrected chi connectivity index (χ1v) is 10.1. The lowest BCUT2D eigenvalue weighted by Crippen LogP contribution is -2.40. The lowest BCUT2D eigenvalue weighted by Gasteiger charge is -2.36. The van der Waals surface area contributed by atoms with Gasteiger partial charge >= 0.3 is 6.09 Å². The second-order valence-corrected chi connectivity index (χ2v) is 7.77. The van der Waals surface area contributed by atoms with Crippen LogP contribution in [0.15, 0.2) is 60.7 Å². The fourth-order valence-corrected chi connectivity index (χ4v) is 4.53. The minimum Gasteiger partial charge on any atom is -0.443 e. The van der Waals surface area contributed by atoms with Gasteiger partial charge in [0.2, 0.25) is 0 Å². The van der Waals surface area contributed by atoms with Crippen molar-refractivity contribution in [1.29, 1.82) is 0 Å². The van der Waals surface area contributed by atoms with Gasteiger partial charge in [0.1, 0.15) is 6.10 Å². The summed E-state index contributed by atoms with van der Waals surface area (Å²) in [5.41, 5.74) is 3.36. The number of piperidine rings is 1. The normalized spacial score (nSPS) is 23.3. The van der Waals surface area contributed by atoms with Gasteiger partial charge in [-0.1, -0.05) is 42.8 Å². The van der Waals surface area contributed by atoms with Crippen molar-refractivity contribution < 1.29 is 9.53 Å². The predicted octanol–water partition coefficient (Wildman–Crippen LogP) is 4.72. The Morgan fingerprint density at radius 3 is 2.71 bits per heavy atom. The number of fused-ring (bicyclic) bond motifs is 1. The molecule has 2 aromatic carbocycles. The van der Waals surface area contributed by atoms with Crippen LogP contribution < -0.4 is 4.90 Å². The molecule has 0 saturated carbocycles. The Labute approximate surface area is 164 Å². The minimum absolute atomic E-state index is 0.0994. The van der Waals surface area contributed by atoms with E-state index >= 15 is 0 Å². The maximum atomic E-state index is 12.4. The standard InChI is InChI=1S/C23H25N3O2/c27-23-26(18-9-2-1-3-10-18)16-19(28-23)15-25-13-7-6-12-22(25)21-14-17-8-4-5-11-20(17)24-21/h1-5,8-11,14,19,22,24H,6-7,12-13,15-16H2/t19-,22+/m0/s1. The number of hydrogen-bond acceptors (Lipinski definition) is 3. The van der Waals surface area contributed by atoms with Crippen LogP contribution in [0.2, 0.25) is 0 Å². The molecule has 0 spiro atoms. The van der Waals surface area contributed by atoms with Gasteiger partial charge < -0.3 is 9.72 Å². The van der Waals surface area contributed by atoms with Crippen LogP contribution in [0, 0.1) is 0 Å². The van der Waals surface area contributed by atoms with Crippen molar-refractivity contribution in [3.63, 3.8) is 0 Å². The van der Waals surface area contributed by atoms with E-state index < -0.39 is 0 Å². The molecule has 0 bridgehead atoms. The highest BCUT2D eigenvalue weighted by atomic mass is 16.6. The zero-order valence-electron chi connectivity index (χ0n) is 15.9. The molecule has 2 aliphatic heterocycles. The molecule has 2 fully saturated rings. The zero-order chi connectivity index (χ0) is 18.9. The van der Waals surface area contributed by atoms with Crippen molar-refractivity contribution in [1.82, 2.24) is 9.88 Å². The van der Waals surface area contributed by atoms with Gasteiger partial charge in [0.05, 0.1) is 6.54 Å². The molecule has 1 amide bonds. The quantitative estimate of drug-likeness (QED) is 0.718. The number of amides is 1. The maximum Gasteiger partial charge on any atom is 0.414 e. The summed E-state index contributed by atoms with van der Waals surface area (Å²) in [4.78, 5) is 20.2. The molecule has 0 aliphatic carbocycles. The average Bonchev–Trinajstić information content (AvgIpc) is 3.32. The van der Waals surface area contributed by atoms with Crippen molar-refractivity contribution in [2.75, 3.05) is 24.5 Å². The van der Waals surface area contributed by atoms with Crippen molar-refractivity contribution >= 4 is 22.7 Å². The SMILES string of the molecule is O=C1O[C@@H](CN2CCCC[C@@H]2c2cc3ccccc3[nH]2)CN1c1ccccc1. The second-order valence-electron chi connectivity index (χ2n) is 7.77. The fourth-order valence-electron chi connectivity index (χ4n) is 4.53. The Morgan fingerprint density at radius 1 is 1.04 bits per heavy atom. The van der Waals surface area contributed by atoms with Gasteiger partial charge in [-0.3, -0.25) is 9.80 Å². The van der Waals surface area contributed by atoms with Crippen molar-refractivity contribution in [2.45, 2.75) is 31.4 Å². The van der Waals surface area contributed by atoms with E-state index in [9.17, 15) is 4.79 Å². The Bertz CT molecular complexity index is 935. The Morgan fingerprint density at radius 2 is 1.86 bits per heavy atom. The zero-order valence-corrected chi connectivity index (χ0v) is 15.9. The smallest absolute Gasteiger partial charge is 0.414 e. The molecule has 3 aromatic rings. The molecule has 1 N–H and O–H groups in total. The number of carbonyl (C=O) groups excluding carboxylic acids is 1. The molecule has 2 saturated heterocycles. The van der Waals surface area contributed by atoms with Gasteiger partial charge in [-0.25, -0.2) is 4.79 Å². The molecule has 5 heteroatoms. The molecule has 5 rings (SSSR count). The number of anilines is 1. The van der Waals surface area contributed by atoms with Crippen LogP contribution in [-0.4, -0.2) is 41.7 Å². The van der Waals surface area contributed by atoms with Crippen molar-refractivity contribution in [3.05, 3.63) is 66.4 Å². The van der Waals surface area contributed by atoms with Crippen molar-refractivity contribution in [2.24, 2.45) is 0 Å². The van der Waals surface area contributed by atoms with Gasteiger partial charge in [-0.2, -0.15) is 0 Å². The van der Waals surface area contributed by atoms with Crippen molar-refractivity contribution in [3.8, 4) is 0 Å². The third-order valence-corrected chi connectivity index (χ3v) is 5.90. The molecule has 2 atom stereocenters. The molecule has 1 aromatic heterocycles. The number of hydrogen-bond donors (Lipinski definition) is 1. The topological polar surface area (TPSA) is 48.6 Å². The number of ether oxygens (including phenoxy) is 1. The fraction of sp³-hybridized carbons (Fsp3) is 0.348. The van der Waals surface area contributed by atoms with Gasteiger partial charge in [0.15, 0.2) is 0 Å². The lowest BCUT2D eigenvalue weighted by molar-refractivity contribution is 0.0714. The molecule has 2 aliphatic rings. The summed E-state index contributed by atoms with van der Waals surface area (Å²) in [6, 6.07) is 20.8. The predicted molar refractivity (Wildman–Crippen MR) is 111 cm³/mol.